The van der Waals surface area contributed by atoms with Gasteiger partial charge in [-0.15, -0.1) is 12.6 Å². The lowest BCUT2D eigenvalue weighted by Gasteiger charge is -2.32. The zero-order valence-electron chi connectivity index (χ0n) is 26.5. The van der Waals surface area contributed by atoms with E-state index in [1.165, 1.54) is 9.81 Å². The van der Waals surface area contributed by atoms with Crippen LogP contribution in [-0.4, -0.2) is 5.78 Å². The Bertz CT molecular complexity index is 1480. The van der Waals surface area contributed by atoms with Crippen molar-refractivity contribution >= 4 is 36.2 Å². The maximum absolute atomic E-state index is 13.7. The first-order valence-corrected chi connectivity index (χ1v) is 15.2. The number of hydrogen-bond acceptors (Lipinski definition) is 5. The largest absolute Gasteiger partial charge is 0.348 e. The van der Waals surface area contributed by atoms with E-state index in [2.05, 4.69) is 107 Å². The average molecular weight is 588 g/mol. The van der Waals surface area contributed by atoms with Crippen LogP contribution in [0.15, 0.2) is 65.7 Å². The van der Waals surface area contributed by atoms with E-state index in [0.717, 1.165) is 22.7 Å². The normalized spacial score (nSPS) is 17.7. The van der Waals surface area contributed by atoms with Crippen molar-refractivity contribution in [2.24, 2.45) is 16.7 Å². The van der Waals surface area contributed by atoms with Gasteiger partial charge >= 0.3 is 11.5 Å². The Morgan fingerprint density at radius 1 is 0.829 bits per heavy atom. The highest BCUT2D eigenvalue weighted by atomic mass is 32.2. The molecule has 1 aliphatic carbocycles. The Balaban J connectivity index is 2.30. The predicted octanol–water partition coefficient (Wildman–Crippen LogP) is 9.90. The number of hydrogen-bond donors (Lipinski definition) is 1. The van der Waals surface area contributed by atoms with Crippen LogP contribution in [0.25, 0.3) is 6.08 Å². The van der Waals surface area contributed by atoms with Crippen LogP contribution in [0.4, 0.5) is 0 Å². The summed E-state index contributed by atoms with van der Waals surface area (Å²) in [7, 11) is 0. The highest BCUT2D eigenvalue weighted by Gasteiger charge is 2.40. The van der Waals surface area contributed by atoms with Gasteiger partial charge in [-0.3, -0.25) is 4.79 Å². The lowest BCUT2D eigenvalue weighted by atomic mass is 9.73. The first-order chi connectivity index (χ1) is 18.6. The molecule has 0 aromatic carbocycles. The van der Waals surface area contributed by atoms with E-state index < -0.39 is 5.92 Å². The molecule has 0 bridgehead atoms. The molecule has 0 spiro atoms. The molecule has 1 aromatic heterocycles. The van der Waals surface area contributed by atoms with Crippen LogP contribution in [0.1, 0.15) is 100 Å². The minimum absolute atomic E-state index is 0.0703. The maximum atomic E-state index is 13.7. The molecular formula is C35H43N2O2S2+. The molecule has 0 saturated carbocycles. The predicted molar refractivity (Wildman–Crippen MR) is 173 cm³/mol. The van der Waals surface area contributed by atoms with Crippen LogP contribution in [0.3, 0.4) is 0 Å². The van der Waals surface area contributed by atoms with Crippen LogP contribution in [0.5, 0.6) is 0 Å². The number of thioether (sulfide) groups is 1. The van der Waals surface area contributed by atoms with Crippen LogP contribution >= 0.6 is 24.4 Å². The highest BCUT2D eigenvalue weighted by Crippen LogP contribution is 2.49. The highest BCUT2D eigenvalue weighted by molar-refractivity contribution is 8.06. The summed E-state index contributed by atoms with van der Waals surface area (Å²) in [5, 5.41) is 19.8. The van der Waals surface area contributed by atoms with Crippen molar-refractivity contribution in [2.75, 3.05) is 0 Å². The zero-order valence-corrected chi connectivity index (χ0v) is 28.2. The van der Waals surface area contributed by atoms with Crippen molar-refractivity contribution in [1.29, 1.82) is 10.5 Å². The summed E-state index contributed by atoms with van der Waals surface area (Å²) >= 11 is 6.59. The summed E-state index contributed by atoms with van der Waals surface area (Å²) < 4.78 is 6.32. The Labute approximate surface area is 256 Å². The van der Waals surface area contributed by atoms with E-state index in [-0.39, 0.29) is 27.4 Å². The summed E-state index contributed by atoms with van der Waals surface area (Å²) in [4.78, 5) is 16.8. The SMILES string of the molecule is CC(C)(C)C1=CC(=CC2=C(C(C#N)C#N)C(=Cc3cc(C(C)(C)C)[o+]c(C(C)(C)C)c3S)C2=O)C=C(C(C)(C)C)S1. The number of Topliss-reactive ketones (excluding diaryl/α,β-unsaturated/α-hetero) is 1. The molecule has 1 aromatic rings. The van der Waals surface area contributed by atoms with Crippen molar-refractivity contribution in [3.63, 3.8) is 0 Å². The van der Waals surface area contributed by atoms with E-state index in [0.29, 0.717) is 21.6 Å². The molecule has 1 aliphatic heterocycles. The van der Waals surface area contributed by atoms with Gasteiger partial charge in [0.25, 0.3) is 0 Å². The van der Waals surface area contributed by atoms with Crippen molar-refractivity contribution in [3.8, 4) is 12.1 Å². The van der Waals surface area contributed by atoms with Crippen LogP contribution in [0, 0.1) is 39.4 Å². The molecule has 2 heterocycles. The second kappa shape index (κ2) is 11.1. The smallest absolute Gasteiger partial charge is 0.289 e. The van der Waals surface area contributed by atoms with Gasteiger partial charge in [-0.05, 0) is 92.1 Å². The second-order valence-electron chi connectivity index (χ2n) is 14.9. The summed E-state index contributed by atoms with van der Waals surface area (Å²) in [6, 6.07) is 6.10. The zero-order chi connectivity index (χ0) is 31.3. The third-order valence-corrected chi connectivity index (χ3v) is 9.29. The topological polar surface area (TPSA) is 75.9 Å². The number of carbonyl (C=O) groups excluding carboxylic acids is 1. The molecule has 0 N–H and O–H groups in total. The molecule has 0 amide bonds. The first-order valence-electron chi connectivity index (χ1n) is 13.9. The molecule has 0 unspecified atom stereocenters. The second-order valence-corrected chi connectivity index (χ2v) is 16.4. The number of nitriles is 2. The molecule has 2 aliphatic rings. The monoisotopic (exact) mass is 587 g/mol. The fraction of sp³-hybridized carbons (Fsp3) is 0.486. The summed E-state index contributed by atoms with van der Waals surface area (Å²) in [5.74, 6) is 0.238. The molecule has 0 radical (unpaired) electrons. The Morgan fingerprint density at radius 3 is 1.76 bits per heavy atom. The molecule has 216 valence electrons. The van der Waals surface area contributed by atoms with E-state index in [1.807, 2.05) is 12.1 Å². The average Bonchev–Trinajstić information content (AvgIpc) is 2.83. The van der Waals surface area contributed by atoms with Gasteiger partial charge in [-0.1, -0.05) is 53.3 Å². The minimum Gasteiger partial charge on any atom is -0.289 e. The molecule has 0 atom stereocenters. The van der Waals surface area contributed by atoms with Crippen LogP contribution < -0.4 is 0 Å². The fourth-order valence-electron chi connectivity index (χ4n) is 4.41. The van der Waals surface area contributed by atoms with E-state index in [9.17, 15) is 15.3 Å². The van der Waals surface area contributed by atoms with E-state index >= 15 is 0 Å². The molecular weight excluding hydrogens is 545 g/mol. The van der Waals surface area contributed by atoms with Gasteiger partial charge in [-0.25, -0.2) is 4.42 Å². The third kappa shape index (κ3) is 6.99. The van der Waals surface area contributed by atoms with Gasteiger partial charge in [0.15, 0.2) is 11.7 Å². The molecule has 4 nitrogen and oxygen atoms in total. The van der Waals surface area contributed by atoms with Crippen molar-refractivity contribution in [3.05, 3.63) is 73.5 Å². The molecule has 0 fully saturated rings. The van der Waals surface area contributed by atoms with E-state index in [4.69, 9.17) is 17.0 Å². The lowest BCUT2D eigenvalue weighted by molar-refractivity contribution is -0.112. The standard InChI is InChI=1S/C35H42N2O2S2/c1-32(2,3)25-17-21(30(40)31(39-25)35(10,11)12)16-24-28(22(18-36)19-37)23(29(24)38)13-20-14-26(33(4,5)6)41-27(15-20)34(7,8)9/h13-17,22H,1-12H3/p+1. The van der Waals surface area contributed by atoms with Gasteiger partial charge in [0.1, 0.15) is 4.90 Å². The molecule has 6 heteroatoms. The van der Waals surface area contributed by atoms with Crippen molar-refractivity contribution < 1.29 is 9.21 Å². The quantitative estimate of drug-likeness (QED) is 0.216. The fourth-order valence-corrected chi connectivity index (χ4v) is 6.16. The van der Waals surface area contributed by atoms with Gasteiger partial charge in [0.05, 0.1) is 23.0 Å². The lowest BCUT2D eigenvalue weighted by Crippen LogP contribution is -2.26. The van der Waals surface area contributed by atoms with Gasteiger partial charge in [0, 0.05) is 28.3 Å². The Morgan fingerprint density at radius 2 is 1.34 bits per heavy atom. The Kier molecular flexibility index (Phi) is 8.87. The minimum atomic E-state index is -1.07. The summed E-state index contributed by atoms with van der Waals surface area (Å²) in [6.45, 7) is 25.4. The van der Waals surface area contributed by atoms with Gasteiger partial charge < -0.3 is 0 Å². The number of rotatable bonds is 3. The van der Waals surface area contributed by atoms with E-state index in [1.54, 1.807) is 17.8 Å². The maximum Gasteiger partial charge on any atom is 0.348 e. The van der Waals surface area contributed by atoms with Crippen molar-refractivity contribution in [1.82, 2.24) is 0 Å². The Hall–Kier alpha value is -2.80. The van der Waals surface area contributed by atoms with Crippen LogP contribution in [-0.2, 0) is 15.6 Å². The van der Waals surface area contributed by atoms with Crippen molar-refractivity contribution in [2.45, 2.75) is 98.8 Å². The van der Waals surface area contributed by atoms with Gasteiger partial charge in [0.2, 0.25) is 0 Å². The van der Waals surface area contributed by atoms with Crippen LogP contribution in [0.2, 0.25) is 0 Å². The molecule has 0 saturated heterocycles. The number of allylic oxidation sites excluding steroid dienone is 9. The number of ketones is 1. The first kappa shape index (κ1) is 32.7. The molecule has 41 heavy (non-hydrogen) atoms. The summed E-state index contributed by atoms with van der Waals surface area (Å²) in [5.41, 5.74) is 2.13. The summed E-state index contributed by atoms with van der Waals surface area (Å²) in [6.07, 6.45) is 7.84. The number of nitrogens with zero attached hydrogens (tertiary/aromatic N) is 2. The third-order valence-electron chi connectivity index (χ3n) is 6.93. The molecule has 3 rings (SSSR count). The van der Waals surface area contributed by atoms with Gasteiger partial charge in [-0.2, -0.15) is 10.5 Å². The number of carbonyl (C=O) groups is 1. The number of thiol groups is 1.